The van der Waals surface area contributed by atoms with Crippen molar-refractivity contribution in [1.82, 2.24) is 5.43 Å². The lowest BCUT2D eigenvalue weighted by molar-refractivity contribution is 0.0702. The molecule has 8 heteroatoms. The van der Waals surface area contributed by atoms with Gasteiger partial charge in [-0.1, -0.05) is 45.0 Å². The summed E-state index contributed by atoms with van der Waals surface area (Å²) in [6, 6.07) is 10.9. The molecule has 2 aromatic heterocycles. The number of carboxylic acids is 1. The Labute approximate surface area is 182 Å². The van der Waals surface area contributed by atoms with Crippen LogP contribution in [0.1, 0.15) is 58.2 Å². The van der Waals surface area contributed by atoms with Crippen molar-refractivity contribution in [2.45, 2.75) is 33.1 Å². The number of thiophene rings is 2. The largest absolute Gasteiger partial charge is 0.506 e. The average Bonchev–Trinajstić information content (AvgIpc) is 3.32. The number of carbonyl (C=O) groups is 2. The van der Waals surface area contributed by atoms with Gasteiger partial charge in [-0.2, -0.15) is 5.10 Å². The predicted octanol–water partition coefficient (Wildman–Crippen LogP) is 5.33. The van der Waals surface area contributed by atoms with Crippen LogP contribution < -0.4 is 5.43 Å². The lowest BCUT2D eigenvalue weighted by atomic mass is 9.86. The third-order valence-corrected chi connectivity index (χ3v) is 6.62. The fraction of sp³-hybridized carbons (Fsp3) is 0.227. The highest BCUT2D eigenvalue weighted by atomic mass is 32.1. The molecule has 156 valence electrons. The number of hydrazone groups is 1. The Kier molecular flexibility index (Phi) is 6.09. The molecule has 0 fully saturated rings. The minimum Gasteiger partial charge on any atom is -0.506 e. The Bertz CT molecular complexity index is 1120. The maximum Gasteiger partial charge on any atom is 0.345 e. The molecule has 0 atom stereocenters. The fourth-order valence-electron chi connectivity index (χ4n) is 2.76. The van der Waals surface area contributed by atoms with Gasteiger partial charge in [0.25, 0.3) is 5.91 Å². The summed E-state index contributed by atoms with van der Waals surface area (Å²) in [6.07, 6.45) is 0. The monoisotopic (exact) mass is 442 g/mol. The van der Waals surface area contributed by atoms with Gasteiger partial charge >= 0.3 is 5.97 Å². The third kappa shape index (κ3) is 4.60. The van der Waals surface area contributed by atoms with Gasteiger partial charge in [-0.25, -0.2) is 10.2 Å². The summed E-state index contributed by atoms with van der Waals surface area (Å²) in [7, 11) is 0. The molecule has 0 radical (unpaired) electrons. The summed E-state index contributed by atoms with van der Waals surface area (Å²) in [5, 5.41) is 25.5. The summed E-state index contributed by atoms with van der Waals surface area (Å²) in [5.41, 5.74) is 5.57. The summed E-state index contributed by atoms with van der Waals surface area (Å²) < 4.78 is 0. The minimum atomic E-state index is -1.08. The molecule has 3 N–H and O–H groups in total. The van der Waals surface area contributed by atoms with Crippen molar-refractivity contribution in [3.63, 3.8) is 0 Å². The molecule has 3 rings (SSSR count). The van der Waals surface area contributed by atoms with E-state index in [1.54, 1.807) is 12.3 Å². The normalized spacial score (nSPS) is 12.1. The molecule has 0 bridgehead atoms. The van der Waals surface area contributed by atoms with Crippen LogP contribution in [-0.2, 0) is 5.41 Å². The lowest BCUT2D eigenvalue weighted by Gasteiger charge is -2.19. The molecule has 0 unspecified atom stereocenters. The number of aromatic hydroxyl groups is 1. The Morgan fingerprint density at radius 1 is 1.03 bits per heavy atom. The number of hydrogen-bond donors (Lipinski definition) is 3. The molecule has 2 heterocycles. The van der Waals surface area contributed by atoms with Crippen LogP contribution >= 0.6 is 22.7 Å². The lowest BCUT2D eigenvalue weighted by Crippen LogP contribution is -2.18. The Hall–Kier alpha value is -2.97. The molecule has 0 saturated carbocycles. The summed E-state index contributed by atoms with van der Waals surface area (Å²) in [6.45, 7) is 8.13. The van der Waals surface area contributed by atoms with Gasteiger partial charge in [-0.3, -0.25) is 4.79 Å². The zero-order chi connectivity index (χ0) is 22.1. The second kappa shape index (κ2) is 8.41. The second-order valence-corrected chi connectivity index (χ2v) is 9.73. The zero-order valence-corrected chi connectivity index (χ0v) is 18.6. The maximum atomic E-state index is 12.2. The van der Waals surface area contributed by atoms with Gasteiger partial charge in [0.15, 0.2) is 0 Å². The molecule has 0 saturated heterocycles. The number of hydrogen-bond acceptors (Lipinski definition) is 6. The van der Waals surface area contributed by atoms with E-state index in [0.717, 1.165) is 21.8 Å². The molecule has 0 aliphatic rings. The molecular formula is C22H22N2O4S2. The molecule has 1 amide bonds. The van der Waals surface area contributed by atoms with E-state index >= 15 is 0 Å². The van der Waals surface area contributed by atoms with Gasteiger partial charge in [0.2, 0.25) is 0 Å². The topological polar surface area (TPSA) is 99.0 Å². The van der Waals surface area contributed by atoms with Crippen molar-refractivity contribution in [2.24, 2.45) is 5.10 Å². The number of carboxylic acid groups (broad SMARTS) is 1. The van der Waals surface area contributed by atoms with Crippen LogP contribution in [0, 0.1) is 0 Å². The van der Waals surface area contributed by atoms with Crippen LogP contribution in [0.3, 0.4) is 0 Å². The van der Waals surface area contributed by atoms with Crippen molar-refractivity contribution in [2.75, 3.05) is 0 Å². The van der Waals surface area contributed by atoms with E-state index in [4.69, 9.17) is 5.11 Å². The number of aromatic carboxylic acids is 1. The highest BCUT2D eigenvalue weighted by molar-refractivity contribution is 7.15. The molecule has 0 spiro atoms. The smallest absolute Gasteiger partial charge is 0.345 e. The number of nitrogens with zero attached hydrogens (tertiary/aromatic N) is 1. The van der Waals surface area contributed by atoms with Gasteiger partial charge < -0.3 is 10.2 Å². The van der Waals surface area contributed by atoms with Crippen LogP contribution in [0.5, 0.6) is 5.75 Å². The van der Waals surface area contributed by atoms with E-state index in [1.807, 2.05) is 12.1 Å². The standard InChI is InChI=1S/C22H22N2O4S2/c1-12(23-24-20(26)16-9-10-17(30-16)21(27)28)15-11-29-19(18(15)25)13-5-7-14(8-6-13)22(2,3)4/h5-11,25H,1-4H3,(H,24,26)(H,27,28)/b23-12+. The molecule has 6 nitrogen and oxygen atoms in total. The quantitative estimate of drug-likeness (QED) is 0.367. The first-order chi connectivity index (χ1) is 14.1. The predicted molar refractivity (Wildman–Crippen MR) is 121 cm³/mol. The maximum absolute atomic E-state index is 12.2. The molecule has 30 heavy (non-hydrogen) atoms. The van der Waals surface area contributed by atoms with Crippen LogP contribution in [0.4, 0.5) is 0 Å². The summed E-state index contributed by atoms with van der Waals surface area (Å²) >= 11 is 2.28. The Balaban J connectivity index is 1.77. The minimum absolute atomic E-state index is 0.0520. The SMILES string of the molecule is C/C(=N\NC(=O)c1ccc(C(=O)O)s1)c1csc(-c2ccc(C(C)(C)C)cc2)c1O. The molecule has 0 aliphatic heterocycles. The number of benzene rings is 1. The first-order valence-corrected chi connectivity index (χ1v) is 10.9. The third-order valence-electron chi connectivity index (χ3n) is 4.53. The highest BCUT2D eigenvalue weighted by Crippen LogP contribution is 2.39. The number of amides is 1. The van der Waals surface area contributed by atoms with Crippen molar-refractivity contribution in [1.29, 1.82) is 0 Å². The van der Waals surface area contributed by atoms with Crippen LogP contribution in [0.15, 0.2) is 46.9 Å². The van der Waals surface area contributed by atoms with E-state index in [2.05, 4.69) is 43.4 Å². The van der Waals surface area contributed by atoms with Crippen molar-refractivity contribution < 1.29 is 19.8 Å². The summed E-state index contributed by atoms with van der Waals surface area (Å²) in [4.78, 5) is 24.2. The zero-order valence-electron chi connectivity index (χ0n) is 17.0. The highest BCUT2D eigenvalue weighted by Gasteiger charge is 2.18. The second-order valence-electron chi connectivity index (χ2n) is 7.76. The van der Waals surface area contributed by atoms with E-state index in [-0.39, 0.29) is 20.9 Å². The molecular weight excluding hydrogens is 420 g/mol. The van der Waals surface area contributed by atoms with Crippen molar-refractivity contribution in [3.05, 3.63) is 62.7 Å². The Morgan fingerprint density at radius 3 is 2.23 bits per heavy atom. The number of nitrogens with one attached hydrogen (secondary N) is 1. The molecule has 0 aliphatic carbocycles. The van der Waals surface area contributed by atoms with E-state index in [9.17, 15) is 14.7 Å². The fourth-order valence-corrected chi connectivity index (χ4v) is 4.51. The van der Waals surface area contributed by atoms with E-state index in [0.29, 0.717) is 11.3 Å². The summed E-state index contributed by atoms with van der Waals surface area (Å²) in [5.74, 6) is -1.46. The first-order valence-electron chi connectivity index (χ1n) is 9.17. The van der Waals surface area contributed by atoms with Gasteiger partial charge in [0.1, 0.15) is 10.6 Å². The Morgan fingerprint density at radius 2 is 1.67 bits per heavy atom. The van der Waals surface area contributed by atoms with Gasteiger partial charge in [-0.05, 0) is 35.6 Å². The number of carbonyl (C=O) groups excluding carboxylic acids is 1. The molecule has 1 aromatic carbocycles. The first kappa shape index (κ1) is 21.7. The van der Waals surface area contributed by atoms with Gasteiger partial charge in [0, 0.05) is 5.38 Å². The number of rotatable bonds is 5. The van der Waals surface area contributed by atoms with Crippen LogP contribution in [0.25, 0.3) is 10.4 Å². The van der Waals surface area contributed by atoms with E-state index < -0.39 is 11.9 Å². The van der Waals surface area contributed by atoms with Crippen molar-refractivity contribution >= 4 is 40.3 Å². The van der Waals surface area contributed by atoms with Gasteiger partial charge in [0.05, 0.1) is 21.0 Å². The van der Waals surface area contributed by atoms with Crippen LogP contribution in [0.2, 0.25) is 0 Å². The van der Waals surface area contributed by atoms with Gasteiger partial charge in [-0.15, -0.1) is 22.7 Å². The van der Waals surface area contributed by atoms with Crippen LogP contribution in [-0.4, -0.2) is 27.8 Å². The average molecular weight is 443 g/mol. The van der Waals surface area contributed by atoms with Crippen molar-refractivity contribution in [3.8, 4) is 16.2 Å². The van der Waals surface area contributed by atoms with E-state index in [1.165, 1.54) is 29.0 Å². The molecule has 3 aromatic rings.